The zero-order chi connectivity index (χ0) is 18.8. The number of quaternary nitrogens is 1. The third-order valence-electron chi connectivity index (χ3n) is 4.11. The first-order chi connectivity index (χ1) is 12.3. The van der Waals surface area contributed by atoms with Gasteiger partial charge in [-0.1, -0.05) is 23.2 Å². The number of anilines is 1. The largest absolute Gasteiger partial charge is 0.482 e. The molecule has 2 amide bonds. The lowest BCUT2D eigenvalue weighted by Gasteiger charge is -2.19. The van der Waals surface area contributed by atoms with E-state index >= 15 is 0 Å². The minimum absolute atomic E-state index is 0.243. The lowest BCUT2D eigenvalue weighted by Crippen LogP contribution is -3.08. The van der Waals surface area contributed by atoms with E-state index in [0.29, 0.717) is 26.4 Å². The number of ether oxygens (including phenoxy) is 1. The van der Waals surface area contributed by atoms with Crippen LogP contribution in [0.5, 0.6) is 5.75 Å². The molecule has 4 N–H and O–H groups in total. The molecule has 0 spiro atoms. The molecule has 0 radical (unpaired) electrons. The van der Waals surface area contributed by atoms with E-state index in [1.807, 2.05) is 0 Å². The van der Waals surface area contributed by atoms with Gasteiger partial charge in [0.1, 0.15) is 17.3 Å². The van der Waals surface area contributed by atoms with Gasteiger partial charge in [-0.3, -0.25) is 9.59 Å². The fourth-order valence-corrected chi connectivity index (χ4v) is 4.71. The molecule has 9 heteroatoms. The summed E-state index contributed by atoms with van der Waals surface area (Å²) in [6.07, 6.45) is 0.767. The number of rotatable bonds is 5. The lowest BCUT2D eigenvalue weighted by molar-refractivity contribution is -0.895. The SMILES string of the molecule is C[NH+]1CCc2c(sc(NC(=O)COc3ccc(Cl)cc3Cl)c2C(N)=O)C1. The lowest BCUT2D eigenvalue weighted by atomic mass is 10.0. The van der Waals surface area contributed by atoms with E-state index in [9.17, 15) is 9.59 Å². The van der Waals surface area contributed by atoms with E-state index in [1.54, 1.807) is 12.1 Å². The average molecular weight is 415 g/mol. The Morgan fingerprint density at radius 1 is 1.38 bits per heavy atom. The molecule has 2 heterocycles. The van der Waals surface area contributed by atoms with Crippen molar-refractivity contribution in [2.45, 2.75) is 13.0 Å². The van der Waals surface area contributed by atoms with Crippen LogP contribution >= 0.6 is 34.5 Å². The molecule has 1 aromatic carbocycles. The van der Waals surface area contributed by atoms with Gasteiger partial charge in [0.05, 0.1) is 29.1 Å². The number of hydrogen-bond acceptors (Lipinski definition) is 4. The Morgan fingerprint density at radius 2 is 2.15 bits per heavy atom. The number of carbonyl (C=O) groups excluding carboxylic acids is 2. The molecule has 1 aliphatic rings. The average Bonchev–Trinajstić information content (AvgIpc) is 2.90. The highest BCUT2D eigenvalue weighted by atomic mass is 35.5. The number of nitrogens with two attached hydrogens (primary N) is 1. The number of nitrogens with one attached hydrogen (secondary N) is 2. The summed E-state index contributed by atoms with van der Waals surface area (Å²) in [6, 6.07) is 4.75. The van der Waals surface area contributed by atoms with Crippen molar-refractivity contribution in [3.8, 4) is 5.75 Å². The van der Waals surface area contributed by atoms with Crippen molar-refractivity contribution in [2.75, 3.05) is 25.5 Å². The number of fused-ring (bicyclic) bond motifs is 1. The van der Waals surface area contributed by atoms with E-state index in [1.165, 1.54) is 22.3 Å². The first-order valence-electron chi connectivity index (χ1n) is 7.98. The predicted molar refractivity (Wildman–Crippen MR) is 103 cm³/mol. The van der Waals surface area contributed by atoms with Crippen LogP contribution in [0.25, 0.3) is 0 Å². The number of primary amides is 1. The Bertz CT molecular complexity index is 869. The molecular weight excluding hydrogens is 397 g/mol. The molecular formula is C17H18Cl2N3O3S+. The normalized spacial score (nSPS) is 16.0. The number of amides is 2. The predicted octanol–water partition coefficient (Wildman–Crippen LogP) is 1.74. The second kappa shape index (κ2) is 7.84. The zero-order valence-corrected chi connectivity index (χ0v) is 16.4. The van der Waals surface area contributed by atoms with Crippen LogP contribution in [0.1, 0.15) is 20.8 Å². The van der Waals surface area contributed by atoms with Crippen molar-refractivity contribution >= 4 is 51.4 Å². The molecule has 2 aromatic rings. The zero-order valence-electron chi connectivity index (χ0n) is 14.0. The number of thiophene rings is 1. The molecule has 0 bridgehead atoms. The molecule has 1 aromatic heterocycles. The summed E-state index contributed by atoms with van der Waals surface area (Å²) in [5.74, 6) is -0.561. The highest BCUT2D eigenvalue weighted by Crippen LogP contribution is 2.34. The highest BCUT2D eigenvalue weighted by molar-refractivity contribution is 7.17. The maximum absolute atomic E-state index is 12.3. The molecule has 0 aliphatic carbocycles. The van der Waals surface area contributed by atoms with E-state index in [4.69, 9.17) is 33.7 Å². The molecule has 26 heavy (non-hydrogen) atoms. The maximum atomic E-state index is 12.3. The van der Waals surface area contributed by atoms with Gasteiger partial charge in [-0.2, -0.15) is 0 Å². The smallest absolute Gasteiger partial charge is 0.262 e. The van der Waals surface area contributed by atoms with E-state index < -0.39 is 11.8 Å². The van der Waals surface area contributed by atoms with Crippen molar-refractivity contribution in [3.05, 3.63) is 44.2 Å². The first kappa shape index (κ1) is 19.0. The van der Waals surface area contributed by atoms with Gasteiger partial charge in [0.25, 0.3) is 11.8 Å². The van der Waals surface area contributed by atoms with Crippen LogP contribution in [0.4, 0.5) is 5.00 Å². The van der Waals surface area contributed by atoms with Crippen LogP contribution in [-0.4, -0.2) is 32.0 Å². The fourth-order valence-electron chi connectivity index (χ4n) is 2.87. The fraction of sp³-hybridized carbons (Fsp3) is 0.294. The monoisotopic (exact) mass is 414 g/mol. The van der Waals surface area contributed by atoms with Gasteiger partial charge >= 0.3 is 0 Å². The number of benzene rings is 1. The van der Waals surface area contributed by atoms with Crippen LogP contribution < -0.4 is 20.7 Å². The number of halogens is 2. The number of carbonyl (C=O) groups is 2. The van der Waals surface area contributed by atoms with Gasteiger partial charge in [-0.05, 0) is 23.8 Å². The summed E-state index contributed by atoms with van der Waals surface area (Å²) < 4.78 is 5.43. The number of hydrogen-bond donors (Lipinski definition) is 3. The molecule has 3 rings (SSSR count). The summed E-state index contributed by atoms with van der Waals surface area (Å²) in [7, 11) is 2.09. The summed E-state index contributed by atoms with van der Waals surface area (Å²) in [5.41, 5.74) is 6.90. The van der Waals surface area contributed by atoms with Gasteiger partial charge in [0.2, 0.25) is 0 Å². The Kier molecular flexibility index (Phi) is 5.72. The molecule has 138 valence electrons. The molecule has 6 nitrogen and oxygen atoms in total. The minimum Gasteiger partial charge on any atom is -0.482 e. The van der Waals surface area contributed by atoms with Crippen LogP contribution in [0.3, 0.4) is 0 Å². The summed E-state index contributed by atoms with van der Waals surface area (Å²) >= 11 is 13.2. The van der Waals surface area contributed by atoms with E-state index in [2.05, 4.69) is 12.4 Å². The Balaban J connectivity index is 1.72. The maximum Gasteiger partial charge on any atom is 0.262 e. The molecule has 1 atom stereocenters. The van der Waals surface area contributed by atoms with Gasteiger partial charge in [0.15, 0.2) is 6.61 Å². The van der Waals surface area contributed by atoms with Crippen molar-refractivity contribution in [1.82, 2.24) is 0 Å². The third-order valence-corrected chi connectivity index (χ3v) is 5.78. The van der Waals surface area contributed by atoms with Crippen molar-refractivity contribution in [2.24, 2.45) is 5.73 Å². The van der Waals surface area contributed by atoms with Gasteiger partial charge in [0, 0.05) is 11.4 Å². The van der Waals surface area contributed by atoms with Crippen LogP contribution in [0.15, 0.2) is 18.2 Å². The topological polar surface area (TPSA) is 85.9 Å². The second-order valence-electron chi connectivity index (χ2n) is 6.12. The van der Waals surface area contributed by atoms with E-state index in [-0.39, 0.29) is 6.61 Å². The Morgan fingerprint density at radius 3 is 2.85 bits per heavy atom. The molecule has 0 fully saturated rings. The minimum atomic E-state index is -0.529. The summed E-state index contributed by atoms with van der Waals surface area (Å²) in [5, 5.41) is 4.02. The van der Waals surface area contributed by atoms with Crippen molar-refractivity contribution < 1.29 is 19.2 Å². The van der Waals surface area contributed by atoms with Crippen LogP contribution in [0, 0.1) is 0 Å². The molecule has 1 unspecified atom stereocenters. The summed E-state index contributed by atoms with van der Waals surface area (Å²) in [6.45, 7) is 1.50. The van der Waals surface area contributed by atoms with Crippen molar-refractivity contribution in [3.63, 3.8) is 0 Å². The number of likely N-dealkylation sites (N-methyl/N-ethyl adjacent to an activating group) is 1. The van der Waals surface area contributed by atoms with E-state index in [0.717, 1.165) is 30.0 Å². The van der Waals surface area contributed by atoms with Crippen LogP contribution in [-0.2, 0) is 17.8 Å². The second-order valence-corrected chi connectivity index (χ2v) is 8.07. The van der Waals surface area contributed by atoms with Crippen molar-refractivity contribution in [1.29, 1.82) is 0 Å². The molecule has 1 aliphatic heterocycles. The standard InChI is InChI=1S/C17H17Cl2N3O3S/c1-22-5-4-10-13(7-22)26-17(15(10)16(20)24)21-14(23)8-25-12-3-2-9(18)6-11(12)19/h2-3,6H,4-5,7-8H2,1H3,(H2,20,24)(H,21,23)/p+1. The summed E-state index contributed by atoms with van der Waals surface area (Å²) in [4.78, 5) is 26.6. The quantitative estimate of drug-likeness (QED) is 0.696. The third kappa shape index (κ3) is 4.12. The molecule has 0 saturated carbocycles. The first-order valence-corrected chi connectivity index (χ1v) is 9.55. The van der Waals surface area contributed by atoms with Crippen LogP contribution in [0.2, 0.25) is 10.0 Å². The highest BCUT2D eigenvalue weighted by Gasteiger charge is 2.28. The Hall–Kier alpha value is -1.80. The van der Waals surface area contributed by atoms with Gasteiger partial charge in [-0.15, -0.1) is 11.3 Å². The molecule has 0 saturated heterocycles. The Labute approximate surface area is 164 Å². The van der Waals surface area contributed by atoms with Gasteiger partial charge in [-0.25, -0.2) is 0 Å². The van der Waals surface area contributed by atoms with Gasteiger partial charge < -0.3 is 20.7 Å².